The van der Waals surface area contributed by atoms with Gasteiger partial charge in [0.15, 0.2) is 17.1 Å². The summed E-state index contributed by atoms with van der Waals surface area (Å²) in [6.07, 6.45) is 5.76. The van der Waals surface area contributed by atoms with Crippen molar-refractivity contribution in [3.05, 3.63) is 40.1 Å². The van der Waals surface area contributed by atoms with Crippen molar-refractivity contribution in [1.29, 1.82) is 0 Å². The standard InChI is InChI=1S/C28H39N5O7S/c1-4-9-24-29-19(3)25-27(35)30-26(31-33(24)25)22-16-21(10-11-23(22)38-5-2)41(36,37)32(14-15-34)17-20-18-39-28(40-20)12-7-6-8-13-28/h10-11,16,20,34H,4-9,12-15,17-18H2,1-3H3,(H,30,31,35). The molecule has 2 N–H and O–H groups in total. The fraction of sp³-hybridized carbons (Fsp3) is 0.607. The summed E-state index contributed by atoms with van der Waals surface area (Å²) in [6, 6.07) is 4.47. The monoisotopic (exact) mass is 589 g/mol. The van der Waals surface area contributed by atoms with E-state index in [1.165, 1.54) is 21.0 Å². The summed E-state index contributed by atoms with van der Waals surface area (Å²) in [5, 5.41) is 14.4. The van der Waals surface area contributed by atoms with Gasteiger partial charge in [0.25, 0.3) is 5.56 Å². The minimum atomic E-state index is -4.08. The number of aryl methyl sites for hydroxylation is 2. The number of rotatable bonds is 11. The summed E-state index contributed by atoms with van der Waals surface area (Å²) in [5.74, 6) is 0.557. The highest BCUT2D eigenvalue weighted by molar-refractivity contribution is 7.89. The number of aromatic nitrogens is 4. The zero-order chi connectivity index (χ0) is 29.2. The van der Waals surface area contributed by atoms with Gasteiger partial charge in [0.2, 0.25) is 10.0 Å². The second-order valence-electron chi connectivity index (χ2n) is 10.6. The number of hydrogen-bond donors (Lipinski definition) is 2. The summed E-state index contributed by atoms with van der Waals surface area (Å²) in [4.78, 5) is 20.4. The molecule has 1 aromatic carbocycles. The number of hydrogen-bond acceptors (Lipinski definition) is 9. The third-order valence-electron chi connectivity index (χ3n) is 7.65. The van der Waals surface area contributed by atoms with Crippen LogP contribution in [0.3, 0.4) is 0 Å². The summed E-state index contributed by atoms with van der Waals surface area (Å²) < 4.78 is 48.7. The van der Waals surface area contributed by atoms with Gasteiger partial charge in [-0.3, -0.25) is 4.79 Å². The van der Waals surface area contributed by atoms with Gasteiger partial charge in [-0.1, -0.05) is 13.3 Å². The lowest BCUT2D eigenvalue weighted by atomic mass is 9.94. The summed E-state index contributed by atoms with van der Waals surface area (Å²) in [7, 11) is -4.08. The van der Waals surface area contributed by atoms with E-state index < -0.39 is 21.9 Å². The quantitative estimate of drug-likeness (QED) is 0.344. The summed E-state index contributed by atoms with van der Waals surface area (Å²) >= 11 is 0. The SMILES string of the molecule is CCCc1nc(C)c2c(=O)[nH]c(-c3cc(S(=O)(=O)N(CCO)CC4COC5(CCCCC5)O4)ccc3OCC)nn12. The van der Waals surface area contributed by atoms with Gasteiger partial charge in [0.05, 0.1) is 42.1 Å². The number of imidazole rings is 1. The lowest BCUT2D eigenvalue weighted by Crippen LogP contribution is -2.41. The Kier molecular flexibility index (Phi) is 8.81. The predicted octanol–water partition coefficient (Wildman–Crippen LogP) is 2.80. The van der Waals surface area contributed by atoms with Crippen molar-refractivity contribution in [1.82, 2.24) is 23.9 Å². The molecule has 2 fully saturated rings. The van der Waals surface area contributed by atoms with E-state index in [4.69, 9.17) is 14.2 Å². The molecule has 2 aliphatic rings. The molecule has 1 atom stereocenters. The van der Waals surface area contributed by atoms with Gasteiger partial charge < -0.3 is 24.3 Å². The molecule has 3 aromatic rings. The van der Waals surface area contributed by atoms with Crippen molar-refractivity contribution in [2.45, 2.75) is 82.5 Å². The molecule has 1 aliphatic heterocycles. The van der Waals surface area contributed by atoms with Crippen LogP contribution in [0.4, 0.5) is 0 Å². The number of sulfonamides is 1. The molecule has 224 valence electrons. The molecule has 13 heteroatoms. The van der Waals surface area contributed by atoms with E-state index in [1.807, 2.05) is 13.8 Å². The fourth-order valence-corrected chi connectivity index (χ4v) is 7.22. The Balaban J connectivity index is 1.51. The average molecular weight is 590 g/mol. The molecule has 1 saturated heterocycles. The van der Waals surface area contributed by atoms with Gasteiger partial charge in [-0.15, -0.1) is 5.10 Å². The van der Waals surface area contributed by atoms with Crippen LogP contribution >= 0.6 is 0 Å². The van der Waals surface area contributed by atoms with E-state index in [2.05, 4.69) is 15.1 Å². The molecule has 0 radical (unpaired) electrons. The minimum Gasteiger partial charge on any atom is -0.493 e. The Morgan fingerprint density at radius 1 is 1.24 bits per heavy atom. The Hall–Kier alpha value is -2.84. The van der Waals surface area contributed by atoms with Crippen molar-refractivity contribution in [2.75, 3.05) is 32.9 Å². The predicted molar refractivity (Wildman–Crippen MR) is 151 cm³/mol. The molecule has 0 bridgehead atoms. The number of H-pyrrole nitrogens is 1. The smallest absolute Gasteiger partial charge is 0.277 e. The van der Waals surface area contributed by atoms with Crippen LogP contribution in [0.2, 0.25) is 0 Å². The third-order valence-corrected chi connectivity index (χ3v) is 9.51. The zero-order valence-electron chi connectivity index (χ0n) is 23.9. The minimum absolute atomic E-state index is 0.0194. The average Bonchev–Trinajstić information content (AvgIpc) is 3.49. The third kappa shape index (κ3) is 5.91. The first-order valence-electron chi connectivity index (χ1n) is 14.4. The molecule has 12 nitrogen and oxygen atoms in total. The maximum absolute atomic E-state index is 13.9. The van der Waals surface area contributed by atoms with Crippen molar-refractivity contribution in [3.63, 3.8) is 0 Å². The summed E-state index contributed by atoms with van der Waals surface area (Å²) in [6.45, 7) is 5.80. The zero-order valence-corrected chi connectivity index (χ0v) is 24.7. The number of aliphatic hydroxyl groups excluding tert-OH is 1. The van der Waals surface area contributed by atoms with Crippen LogP contribution in [0.15, 0.2) is 27.9 Å². The Morgan fingerprint density at radius 2 is 2.02 bits per heavy atom. The second-order valence-corrected chi connectivity index (χ2v) is 12.6. The number of aliphatic hydroxyl groups is 1. The molecule has 0 amide bonds. The first kappa shape index (κ1) is 29.6. The van der Waals surface area contributed by atoms with Crippen LogP contribution in [-0.2, 0) is 25.9 Å². The van der Waals surface area contributed by atoms with Gasteiger partial charge in [0, 0.05) is 32.4 Å². The van der Waals surface area contributed by atoms with Crippen LogP contribution in [0.25, 0.3) is 16.9 Å². The van der Waals surface area contributed by atoms with Crippen LogP contribution in [0.1, 0.15) is 63.9 Å². The van der Waals surface area contributed by atoms with Crippen LogP contribution < -0.4 is 10.3 Å². The summed E-state index contributed by atoms with van der Waals surface area (Å²) in [5.41, 5.74) is 0.867. The highest BCUT2D eigenvalue weighted by Crippen LogP contribution is 2.38. The van der Waals surface area contributed by atoms with E-state index in [1.54, 1.807) is 13.0 Å². The number of ether oxygens (including phenoxy) is 3. The lowest BCUT2D eigenvalue weighted by molar-refractivity contribution is -0.187. The molecule has 1 spiro atoms. The first-order valence-corrected chi connectivity index (χ1v) is 15.8. The maximum atomic E-state index is 13.9. The van der Waals surface area contributed by atoms with Gasteiger partial charge >= 0.3 is 0 Å². The highest BCUT2D eigenvalue weighted by atomic mass is 32.2. The number of fused-ring (bicyclic) bond motifs is 1. The largest absolute Gasteiger partial charge is 0.493 e. The number of benzene rings is 1. The molecule has 5 rings (SSSR count). The van der Waals surface area contributed by atoms with Crippen molar-refractivity contribution in [2.24, 2.45) is 0 Å². The van der Waals surface area contributed by atoms with E-state index in [0.717, 1.165) is 38.5 Å². The molecule has 1 saturated carbocycles. The molecule has 1 unspecified atom stereocenters. The van der Waals surface area contributed by atoms with Crippen molar-refractivity contribution in [3.8, 4) is 17.1 Å². The van der Waals surface area contributed by atoms with Gasteiger partial charge in [-0.25, -0.2) is 17.9 Å². The normalized spacial score (nSPS) is 19.0. The van der Waals surface area contributed by atoms with Crippen molar-refractivity contribution >= 4 is 15.5 Å². The lowest BCUT2D eigenvalue weighted by Gasteiger charge is -2.32. The van der Waals surface area contributed by atoms with E-state index in [9.17, 15) is 18.3 Å². The Bertz CT molecular complexity index is 1550. The van der Waals surface area contributed by atoms with Gasteiger partial charge in [-0.05, 0) is 51.3 Å². The number of aromatic amines is 1. The van der Waals surface area contributed by atoms with Gasteiger partial charge in [-0.2, -0.15) is 4.31 Å². The molecule has 3 heterocycles. The molecular weight excluding hydrogens is 550 g/mol. The van der Waals surface area contributed by atoms with Crippen LogP contribution in [0.5, 0.6) is 5.75 Å². The topological polar surface area (TPSA) is 148 Å². The van der Waals surface area contributed by atoms with E-state index >= 15 is 0 Å². The van der Waals surface area contributed by atoms with Crippen molar-refractivity contribution < 1.29 is 27.7 Å². The van der Waals surface area contributed by atoms with E-state index in [0.29, 0.717) is 48.0 Å². The highest BCUT2D eigenvalue weighted by Gasteiger charge is 2.43. The van der Waals surface area contributed by atoms with Crippen LogP contribution in [0, 0.1) is 6.92 Å². The maximum Gasteiger partial charge on any atom is 0.277 e. The van der Waals surface area contributed by atoms with Crippen LogP contribution in [-0.4, -0.2) is 82.2 Å². The Morgan fingerprint density at radius 3 is 2.73 bits per heavy atom. The second kappa shape index (κ2) is 12.2. The molecular formula is C28H39N5O7S. The first-order chi connectivity index (χ1) is 19.7. The fourth-order valence-electron chi connectivity index (χ4n) is 5.74. The Labute approximate surface area is 239 Å². The molecule has 2 aromatic heterocycles. The van der Waals surface area contributed by atoms with E-state index in [-0.39, 0.29) is 36.0 Å². The molecule has 41 heavy (non-hydrogen) atoms. The number of nitrogens with one attached hydrogen (secondary N) is 1. The van der Waals surface area contributed by atoms with Gasteiger partial charge in [0.1, 0.15) is 11.6 Å². The molecule has 1 aliphatic carbocycles. The number of nitrogens with zero attached hydrogens (tertiary/aromatic N) is 4.